The van der Waals surface area contributed by atoms with Crippen LogP contribution < -0.4 is 15.5 Å². The summed E-state index contributed by atoms with van der Waals surface area (Å²) in [7, 11) is 0. The molecule has 0 unspecified atom stereocenters. The molecule has 3 amide bonds. The Labute approximate surface area is 155 Å². The predicted octanol–water partition coefficient (Wildman–Crippen LogP) is 2.75. The van der Waals surface area contributed by atoms with Crippen LogP contribution in [0.15, 0.2) is 36.4 Å². The molecule has 0 radical (unpaired) electrons. The number of hydrogen-bond donors (Lipinski definition) is 2. The van der Waals surface area contributed by atoms with Crippen molar-refractivity contribution in [1.82, 2.24) is 0 Å². The lowest BCUT2D eigenvalue weighted by molar-refractivity contribution is -0.132. The minimum Gasteiger partial charge on any atom is -0.318 e. The highest BCUT2D eigenvalue weighted by molar-refractivity contribution is 6.44. The summed E-state index contributed by atoms with van der Waals surface area (Å²) in [5.74, 6) is -1.50. The van der Waals surface area contributed by atoms with Gasteiger partial charge < -0.3 is 15.5 Å². The van der Waals surface area contributed by atoms with Crippen molar-refractivity contribution in [3.63, 3.8) is 0 Å². The van der Waals surface area contributed by atoms with Crippen LogP contribution in [0.4, 0.5) is 17.1 Å². The maximum absolute atomic E-state index is 12.2. The quantitative estimate of drug-likeness (QED) is 0.799. The summed E-state index contributed by atoms with van der Waals surface area (Å²) in [5, 5.41) is 5.46. The fraction of sp³-hybridized carbons (Fsp3) is 0.211. The maximum atomic E-state index is 12.2. The molecule has 26 heavy (non-hydrogen) atoms. The molecule has 0 atom stereocenters. The lowest BCUT2D eigenvalue weighted by Gasteiger charge is -2.26. The average Bonchev–Trinajstić information content (AvgIpc) is 2.94. The van der Waals surface area contributed by atoms with Gasteiger partial charge in [0.2, 0.25) is 5.91 Å². The van der Waals surface area contributed by atoms with E-state index in [2.05, 4.69) is 10.6 Å². The minimum absolute atomic E-state index is 0.0842. The van der Waals surface area contributed by atoms with Gasteiger partial charge in [-0.2, -0.15) is 0 Å². The Bertz CT molecular complexity index is 942. The van der Waals surface area contributed by atoms with Crippen molar-refractivity contribution in [3.05, 3.63) is 52.5 Å². The molecule has 0 saturated carbocycles. The minimum atomic E-state index is -0.801. The van der Waals surface area contributed by atoms with Crippen LogP contribution in [0.25, 0.3) is 0 Å². The van der Waals surface area contributed by atoms with Crippen LogP contribution in [0.3, 0.4) is 0 Å². The molecule has 6 nitrogen and oxygen atoms in total. The molecular weight excluding hydrogens is 354 g/mol. The number of carbonyl (C=O) groups excluding carboxylic acids is 3. The molecule has 2 N–H and O–H groups in total. The van der Waals surface area contributed by atoms with Gasteiger partial charge in [0, 0.05) is 12.2 Å². The normalized spacial score (nSPS) is 14.8. The van der Waals surface area contributed by atoms with Gasteiger partial charge in [-0.05, 0) is 48.2 Å². The Kier molecular flexibility index (Phi) is 4.12. The van der Waals surface area contributed by atoms with E-state index in [1.54, 1.807) is 30.3 Å². The van der Waals surface area contributed by atoms with Gasteiger partial charge in [0.25, 0.3) is 0 Å². The molecule has 0 fully saturated rings. The van der Waals surface area contributed by atoms with Crippen molar-refractivity contribution in [2.45, 2.75) is 19.3 Å². The number of carbonyl (C=O) groups is 3. The molecule has 2 aromatic rings. The van der Waals surface area contributed by atoms with Crippen molar-refractivity contribution in [2.24, 2.45) is 0 Å². The van der Waals surface area contributed by atoms with Crippen LogP contribution in [0.5, 0.6) is 0 Å². The van der Waals surface area contributed by atoms with Gasteiger partial charge >= 0.3 is 11.8 Å². The summed E-state index contributed by atoms with van der Waals surface area (Å²) in [4.78, 5) is 38.3. The van der Waals surface area contributed by atoms with E-state index in [4.69, 9.17) is 11.6 Å². The van der Waals surface area contributed by atoms with Crippen molar-refractivity contribution < 1.29 is 14.4 Å². The summed E-state index contributed by atoms with van der Waals surface area (Å²) in [6.45, 7) is 0.741. The summed E-state index contributed by atoms with van der Waals surface area (Å²) >= 11 is 5.99. The molecule has 7 heteroatoms. The van der Waals surface area contributed by atoms with Crippen LogP contribution in [0.1, 0.15) is 17.5 Å². The number of para-hydroxylation sites is 1. The Balaban J connectivity index is 1.52. The Morgan fingerprint density at radius 2 is 1.77 bits per heavy atom. The summed E-state index contributed by atoms with van der Waals surface area (Å²) in [5.41, 5.74) is 3.80. The number of anilines is 3. The van der Waals surface area contributed by atoms with Gasteiger partial charge in [0.1, 0.15) is 0 Å². The summed E-state index contributed by atoms with van der Waals surface area (Å²) in [6, 6.07) is 10.3. The largest absolute Gasteiger partial charge is 0.318 e. The van der Waals surface area contributed by atoms with Crippen molar-refractivity contribution in [1.29, 1.82) is 0 Å². The standard InChI is InChI=1S/C19H16ClN3O3/c20-14-5-1-2-6-15(14)22-19(26)18(25)21-13-8-11-4-3-7-23-16(24)10-12(9-13)17(11)23/h1-2,5-6,8-9H,3-4,7,10H2,(H,21,25)(H,22,26). The van der Waals surface area contributed by atoms with E-state index in [0.717, 1.165) is 36.2 Å². The molecule has 0 saturated heterocycles. The SMILES string of the molecule is O=C(Nc1cc2c3c(c1)CC(=O)N3CCC2)C(=O)Nc1ccccc1Cl. The zero-order valence-corrected chi connectivity index (χ0v) is 14.6. The topological polar surface area (TPSA) is 78.5 Å². The average molecular weight is 370 g/mol. The zero-order valence-electron chi connectivity index (χ0n) is 13.8. The van der Waals surface area contributed by atoms with E-state index in [-0.39, 0.29) is 5.91 Å². The highest BCUT2D eigenvalue weighted by Gasteiger charge is 2.32. The summed E-state index contributed by atoms with van der Waals surface area (Å²) in [6.07, 6.45) is 2.07. The lowest BCUT2D eigenvalue weighted by Crippen LogP contribution is -2.31. The van der Waals surface area contributed by atoms with Gasteiger partial charge in [-0.3, -0.25) is 14.4 Å². The predicted molar refractivity (Wildman–Crippen MR) is 99.5 cm³/mol. The van der Waals surface area contributed by atoms with Gasteiger partial charge in [-0.15, -0.1) is 0 Å². The second kappa shape index (κ2) is 6.46. The zero-order chi connectivity index (χ0) is 18.3. The molecule has 0 aliphatic carbocycles. The Morgan fingerprint density at radius 3 is 2.58 bits per heavy atom. The molecule has 0 bridgehead atoms. The molecular formula is C19H16ClN3O3. The number of nitrogens with one attached hydrogen (secondary N) is 2. The van der Waals surface area contributed by atoms with E-state index in [1.807, 2.05) is 11.0 Å². The first kappa shape index (κ1) is 16.6. The third-order valence-electron chi connectivity index (χ3n) is 4.59. The Morgan fingerprint density at radius 1 is 1.04 bits per heavy atom. The van der Waals surface area contributed by atoms with Crippen LogP contribution in [0.2, 0.25) is 5.02 Å². The molecule has 2 heterocycles. The molecule has 4 rings (SSSR count). The number of benzene rings is 2. The fourth-order valence-corrected chi connectivity index (χ4v) is 3.66. The van der Waals surface area contributed by atoms with Crippen molar-refractivity contribution in [2.75, 3.05) is 22.1 Å². The highest BCUT2D eigenvalue weighted by atomic mass is 35.5. The highest BCUT2D eigenvalue weighted by Crippen LogP contribution is 2.38. The third kappa shape index (κ3) is 2.93. The van der Waals surface area contributed by atoms with E-state index in [9.17, 15) is 14.4 Å². The van der Waals surface area contributed by atoms with E-state index >= 15 is 0 Å². The number of rotatable bonds is 2. The first-order valence-corrected chi connectivity index (χ1v) is 8.74. The number of halogens is 1. The molecule has 2 aliphatic rings. The number of hydrogen-bond acceptors (Lipinski definition) is 3. The van der Waals surface area contributed by atoms with E-state index in [1.165, 1.54) is 0 Å². The summed E-state index contributed by atoms with van der Waals surface area (Å²) < 4.78 is 0. The van der Waals surface area contributed by atoms with Crippen LogP contribution in [-0.4, -0.2) is 24.3 Å². The van der Waals surface area contributed by atoms with E-state index in [0.29, 0.717) is 22.8 Å². The van der Waals surface area contributed by atoms with Crippen molar-refractivity contribution in [3.8, 4) is 0 Å². The maximum Gasteiger partial charge on any atom is 0.314 e. The second-order valence-electron chi connectivity index (χ2n) is 6.36. The van der Waals surface area contributed by atoms with Crippen LogP contribution in [0, 0.1) is 0 Å². The van der Waals surface area contributed by atoms with E-state index < -0.39 is 11.8 Å². The van der Waals surface area contributed by atoms with Gasteiger partial charge in [0.15, 0.2) is 0 Å². The Hall–Kier alpha value is -2.86. The fourth-order valence-electron chi connectivity index (χ4n) is 3.48. The first-order valence-electron chi connectivity index (χ1n) is 8.36. The molecule has 0 aromatic heterocycles. The molecule has 0 spiro atoms. The number of nitrogens with zero attached hydrogens (tertiary/aromatic N) is 1. The first-order chi connectivity index (χ1) is 12.5. The molecule has 2 aliphatic heterocycles. The van der Waals surface area contributed by atoms with Gasteiger partial charge in [-0.25, -0.2) is 0 Å². The van der Waals surface area contributed by atoms with Crippen LogP contribution >= 0.6 is 11.6 Å². The van der Waals surface area contributed by atoms with Crippen LogP contribution in [-0.2, 0) is 27.2 Å². The van der Waals surface area contributed by atoms with Gasteiger partial charge in [0.05, 0.1) is 22.8 Å². The second-order valence-corrected chi connectivity index (χ2v) is 6.76. The van der Waals surface area contributed by atoms with Gasteiger partial charge in [-0.1, -0.05) is 23.7 Å². The number of aryl methyl sites for hydroxylation is 1. The monoisotopic (exact) mass is 369 g/mol. The van der Waals surface area contributed by atoms with Crippen molar-refractivity contribution >= 4 is 46.4 Å². The smallest absolute Gasteiger partial charge is 0.314 e. The lowest BCUT2D eigenvalue weighted by atomic mass is 9.99. The number of amides is 3. The molecule has 2 aromatic carbocycles. The molecule has 132 valence electrons. The third-order valence-corrected chi connectivity index (χ3v) is 4.92.